The van der Waals surface area contributed by atoms with E-state index >= 15 is 0 Å². The Bertz CT molecular complexity index is 506. The van der Waals surface area contributed by atoms with E-state index in [1.54, 1.807) is 6.92 Å². The van der Waals surface area contributed by atoms with Crippen LogP contribution in [-0.4, -0.2) is 23.7 Å². The van der Waals surface area contributed by atoms with Crippen molar-refractivity contribution in [1.82, 2.24) is 5.32 Å². The third kappa shape index (κ3) is 6.74. The highest BCUT2D eigenvalue weighted by atomic mass is 19.1. The highest BCUT2D eigenvalue weighted by Gasteiger charge is 2.08. The average Bonchev–Trinajstić information content (AvgIpc) is 2.39. The first-order valence-corrected chi connectivity index (χ1v) is 6.91. The maximum absolute atomic E-state index is 12.9. The van der Waals surface area contributed by atoms with Crippen LogP contribution < -0.4 is 10.6 Å². The fourth-order valence-corrected chi connectivity index (χ4v) is 1.88. The topological polar surface area (TPSA) is 78.4 Å². The van der Waals surface area contributed by atoms with Crippen molar-refractivity contribution in [3.05, 3.63) is 29.6 Å². The lowest BCUT2D eigenvalue weighted by Gasteiger charge is -2.12. The first-order chi connectivity index (χ1) is 9.88. The fraction of sp³-hybridized carbons (Fsp3) is 0.467. The molecule has 0 aliphatic heterocycles. The molecule has 0 aliphatic rings. The summed E-state index contributed by atoms with van der Waals surface area (Å²) in [7, 11) is 0. The van der Waals surface area contributed by atoms with E-state index in [0.717, 1.165) is 0 Å². The monoisotopic (exact) mass is 296 g/mol. The van der Waals surface area contributed by atoms with Crippen molar-refractivity contribution in [2.45, 2.75) is 33.1 Å². The van der Waals surface area contributed by atoms with Crippen LogP contribution in [0.4, 0.5) is 14.9 Å². The van der Waals surface area contributed by atoms with Crippen molar-refractivity contribution in [1.29, 1.82) is 0 Å². The highest BCUT2D eigenvalue weighted by molar-refractivity contribution is 5.89. The summed E-state index contributed by atoms with van der Waals surface area (Å²) >= 11 is 0. The minimum Gasteiger partial charge on any atom is -0.481 e. The summed E-state index contributed by atoms with van der Waals surface area (Å²) in [5, 5.41) is 13.9. The lowest BCUT2D eigenvalue weighted by Crippen LogP contribution is -2.30. The van der Waals surface area contributed by atoms with Crippen LogP contribution in [0.25, 0.3) is 0 Å². The van der Waals surface area contributed by atoms with Crippen LogP contribution in [-0.2, 0) is 4.79 Å². The molecule has 0 fully saturated rings. The van der Waals surface area contributed by atoms with Gasteiger partial charge in [-0.1, -0.05) is 6.92 Å². The summed E-state index contributed by atoms with van der Waals surface area (Å²) in [6, 6.07) is 3.80. The van der Waals surface area contributed by atoms with E-state index in [1.165, 1.54) is 18.2 Å². The van der Waals surface area contributed by atoms with E-state index < -0.39 is 5.97 Å². The summed E-state index contributed by atoms with van der Waals surface area (Å²) in [6.45, 7) is 4.13. The maximum Gasteiger partial charge on any atom is 0.319 e. The van der Waals surface area contributed by atoms with Crippen LogP contribution in [0.1, 0.15) is 31.7 Å². The van der Waals surface area contributed by atoms with Gasteiger partial charge in [0.05, 0.1) is 0 Å². The molecule has 0 aromatic heterocycles. The van der Waals surface area contributed by atoms with Crippen LogP contribution in [0.2, 0.25) is 0 Å². The predicted molar refractivity (Wildman–Crippen MR) is 78.8 cm³/mol. The number of amides is 2. The average molecular weight is 296 g/mol. The molecule has 2 amide bonds. The number of aryl methyl sites for hydroxylation is 1. The predicted octanol–water partition coefficient (Wildman–Crippen LogP) is 3.15. The van der Waals surface area contributed by atoms with Crippen molar-refractivity contribution in [2.75, 3.05) is 11.9 Å². The smallest absolute Gasteiger partial charge is 0.319 e. The molecule has 0 spiro atoms. The molecule has 21 heavy (non-hydrogen) atoms. The molecule has 1 atom stereocenters. The number of hydrogen-bond donors (Lipinski definition) is 3. The zero-order valence-corrected chi connectivity index (χ0v) is 12.3. The van der Waals surface area contributed by atoms with Gasteiger partial charge in [0.25, 0.3) is 0 Å². The number of anilines is 1. The van der Waals surface area contributed by atoms with Crippen LogP contribution in [0.5, 0.6) is 0 Å². The van der Waals surface area contributed by atoms with Crippen molar-refractivity contribution in [3.8, 4) is 0 Å². The number of aliphatic carboxylic acids is 1. The first-order valence-electron chi connectivity index (χ1n) is 6.91. The molecule has 6 heteroatoms. The molecule has 0 saturated carbocycles. The highest BCUT2D eigenvalue weighted by Crippen LogP contribution is 2.15. The lowest BCUT2D eigenvalue weighted by atomic mass is 10.0. The largest absolute Gasteiger partial charge is 0.481 e. The van der Waals surface area contributed by atoms with Gasteiger partial charge in [-0.25, -0.2) is 9.18 Å². The SMILES string of the molecule is Cc1cc(F)ccc1NC(=O)NCCC(C)CCC(=O)O. The Kier molecular flexibility index (Phi) is 6.65. The minimum atomic E-state index is -0.806. The van der Waals surface area contributed by atoms with Gasteiger partial charge in [0.15, 0.2) is 0 Å². The van der Waals surface area contributed by atoms with Gasteiger partial charge >= 0.3 is 12.0 Å². The summed E-state index contributed by atoms with van der Waals surface area (Å²) in [4.78, 5) is 22.1. The van der Waals surface area contributed by atoms with Gasteiger partial charge in [0.1, 0.15) is 5.82 Å². The zero-order chi connectivity index (χ0) is 15.8. The normalized spacial score (nSPS) is 11.8. The van der Waals surface area contributed by atoms with Crippen LogP contribution in [0, 0.1) is 18.7 Å². The molecule has 3 N–H and O–H groups in total. The van der Waals surface area contributed by atoms with Crippen molar-refractivity contribution in [2.24, 2.45) is 5.92 Å². The van der Waals surface area contributed by atoms with Gasteiger partial charge in [-0.05, 0) is 49.4 Å². The summed E-state index contributed by atoms with van der Waals surface area (Å²) in [5.74, 6) is -0.918. The lowest BCUT2D eigenvalue weighted by molar-refractivity contribution is -0.137. The molecule has 0 aliphatic carbocycles. The molecule has 1 rings (SSSR count). The first kappa shape index (κ1) is 16.9. The summed E-state index contributed by atoms with van der Waals surface area (Å²) in [6.07, 6.45) is 1.45. The number of urea groups is 1. The van der Waals surface area contributed by atoms with Gasteiger partial charge in [-0.2, -0.15) is 0 Å². The van der Waals surface area contributed by atoms with Gasteiger partial charge in [-0.15, -0.1) is 0 Å². The Hall–Kier alpha value is -2.11. The number of carboxylic acid groups (broad SMARTS) is 1. The van der Waals surface area contributed by atoms with Gasteiger partial charge in [0, 0.05) is 18.7 Å². The van der Waals surface area contributed by atoms with Crippen molar-refractivity contribution in [3.63, 3.8) is 0 Å². The fourth-order valence-electron chi connectivity index (χ4n) is 1.88. The second kappa shape index (κ2) is 8.24. The van der Waals surface area contributed by atoms with Gasteiger partial charge < -0.3 is 15.7 Å². The van der Waals surface area contributed by atoms with E-state index in [2.05, 4.69) is 10.6 Å². The number of rotatable bonds is 7. The molecule has 116 valence electrons. The van der Waals surface area contributed by atoms with Crippen LogP contribution >= 0.6 is 0 Å². The summed E-state index contributed by atoms with van der Waals surface area (Å²) in [5.41, 5.74) is 1.22. The maximum atomic E-state index is 12.9. The molecule has 1 unspecified atom stereocenters. The van der Waals surface area contributed by atoms with Crippen LogP contribution in [0.15, 0.2) is 18.2 Å². The third-order valence-corrected chi connectivity index (χ3v) is 3.21. The molecule has 5 nitrogen and oxygen atoms in total. The number of hydrogen-bond acceptors (Lipinski definition) is 2. The van der Waals surface area contributed by atoms with E-state index in [4.69, 9.17) is 5.11 Å². The molecule has 1 aromatic carbocycles. The molecule has 0 saturated heterocycles. The van der Waals surface area contributed by atoms with Crippen molar-refractivity contribution >= 4 is 17.7 Å². The van der Waals surface area contributed by atoms with E-state index in [0.29, 0.717) is 30.6 Å². The number of benzene rings is 1. The molecule has 0 heterocycles. The number of carbonyl (C=O) groups excluding carboxylic acids is 1. The molecular formula is C15H21FN2O3. The number of nitrogens with one attached hydrogen (secondary N) is 2. The molecule has 0 radical (unpaired) electrons. The Morgan fingerprint density at radius 2 is 2.05 bits per heavy atom. The third-order valence-electron chi connectivity index (χ3n) is 3.21. The van der Waals surface area contributed by atoms with Crippen LogP contribution in [0.3, 0.4) is 0 Å². The quantitative estimate of drug-likeness (QED) is 0.723. The van der Waals surface area contributed by atoms with Gasteiger partial charge in [-0.3, -0.25) is 4.79 Å². The van der Waals surface area contributed by atoms with Gasteiger partial charge in [0.2, 0.25) is 0 Å². The van der Waals surface area contributed by atoms with Crippen molar-refractivity contribution < 1.29 is 19.1 Å². The second-order valence-electron chi connectivity index (χ2n) is 5.17. The minimum absolute atomic E-state index is 0.141. The Morgan fingerprint density at radius 1 is 1.33 bits per heavy atom. The zero-order valence-electron chi connectivity index (χ0n) is 12.3. The Morgan fingerprint density at radius 3 is 2.67 bits per heavy atom. The number of halogens is 1. The van der Waals surface area contributed by atoms with E-state index in [9.17, 15) is 14.0 Å². The van der Waals surface area contributed by atoms with E-state index in [-0.39, 0.29) is 24.2 Å². The summed E-state index contributed by atoms with van der Waals surface area (Å²) < 4.78 is 12.9. The Balaban J connectivity index is 2.29. The van der Waals surface area contributed by atoms with E-state index in [1.807, 2.05) is 6.92 Å². The number of carbonyl (C=O) groups is 2. The Labute approximate surface area is 123 Å². The molecular weight excluding hydrogens is 275 g/mol. The second-order valence-corrected chi connectivity index (χ2v) is 5.17. The number of carboxylic acids is 1. The molecule has 0 bridgehead atoms. The molecule has 1 aromatic rings. The standard InChI is InChI=1S/C15H21FN2O3/c1-10(3-6-14(19)20)7-8-17-15(21)18-13-5-4-12(16)9-11(13)2/h4-5,9-10H,3,6-8H2,1-2H3,(H,19,20)(H2,17,18,21).